The van der Waals surface area contributed by atoms with Gasteiger partial charge in [-0.25, -0.2) is 4.79 Å². The van der Waals surface area contributed by atoms with Gasteiger partial charge in [-0.3, -0.25) is 0 Å². The fraction of sp³-hybridized carbons (Fsp3) is 0. The first kappa shape index (κ1) is 9.99. The lowest BCUT2D eigenvalue weighted by Gasteiger charge is -2.01. The van der Waals surface area contributed by atoms with Crippen LogP contribution >= 0.6 is 0 Å². The summed E-state index contributed by atoms with van der Waals surface area (Å²) in [6, 6.07) is 9.80. The van der Waals surface area contributed by atoms with Crippen molar-refractivity contribution in [1.82, 2.24) is 0 Å². The van der Waals surface area contributed by atoms with Gasteiger partial charge in [-0.05, 0) is 35.0 Å². The average molecular weight is 213 g/mol. The molecule has 2 aromatic rings. The van der Waals surface area contributed by atoms with Gasteiger partial charge in [0.1, 0.15) is 5.75 Å². The van der Waals surface area contributed by atoms with E-state index in [0.29, 0.717) is 5.75 Å². The van der Waals surface area contributed by atoms with Crippen molar-refractivity contribution in [2.24, 2.45) is 0 Å². The zero-order valence-electron chi connectivity index (χ0n) is 8.18. The fourth-order valence-electron chi connectivity index (χ4n) is 1.47. The van der Waals surface area contributed by atoms with Crippen molar-refractivity contribution >= 4 is 16.7 Å². The van der Waals surface area contributed by atoms with Crippen molar-refractivity contribution in [3.05, 3.63) is 42.0 Å². The van der Waals surface area contributed by atoms with Crippen LogP contribution in [0.5, 0.6) is 5.75 Å². The molecule has 0 saturated heterocycles. The lowest BCUT2D eigenvalue weighted by molar-refractivity contribution is 0.0697. The number of rotatable bonds is 2. The highest BCUT2D eigenvalue weighted by atomic mass is 16.5. The van der Waals surface area contributed by atoms with Gasteiger partial charge >= 0.3 is 5.97 Å². The summed E-state index contributed by atoms with van der Waals surface area (Å²) in [6.07, 6.45) is 1.58. The lowest BCUT2D eigenvalue weighted by Crippen LogP contribution is -1.95. The second kappa shape index (κ2) is 3.91. The fourth-order valence-corrected chi connectivity index (χ4v) is 1.47. The van der Waals surface area contributed by atoms with Crippen LogP contribution in [0.1, 0.15) is 10.4 Å². The molecular weight excluding hydrogens is 206 g/mol. The van der Waals surface area contributed by atoms with Crippen LogP contribution in [0, 0.1) is 11.5 Å². The third-order valence-corrected chi connectivity index (χ3v) is 2.22. The molecule has 0 bridgehead atoms. The third-order valence-electron chi connectivity index (χ3n) is 2.22. The van der Waals surface area contributed by atoms with Crippen LogP contribution < -0.4 is 4.74 Å². The summed E-state index contributed by atoms with van der Waals surface area (Å²) < 4.78 is 4.68. The summed E-state index contributed by atoms with van der Waals surface area (Å²) in [5, 5.41) is 18.8. The first-order valence-electron chi connectivity index (χ1n) is 4.54. The molecule has 1 N–H and O–H groups in total. The first-order chi connectivity index (χ1) is 7.70. The molecule has 0 saturated carbocycles. The van der Waals surface area contributed by atoms with Gasteiger partial charge < -0.3 is 9.84 Å². The van der Waals surface area contributed by atoms with Gasteiger partial charge in [0.15, 0.2) is 0 Å². The lowest BCUT2D eigenvalue weighted by atomic mass is 10.1. The van der Waals surface area contributed by atoms with Gasteiger partial charge in [-0.2, -0.15) is 0 Å². The predicted molar refractivity (Wildman–Crippen MR) is 57.1 cm³/mol. The Hall–Kier alpha value is -2.54. The van der Waals surface area contributed by atoms with E-state index >= 15 is 0 Å². The topological polar surface area (TPSA) is 70.3 Å². The highest BCUT2D eigenvalue weighted by Gasteiger charge is 2.04. The SMILES string of the molecule is N#COc1ccc2cc(C(=O)O)ccc2c1. The molecule has 0 aliphatic carbocycles. The van der Waals surface area contributed by atoms with Crippen molar-refractivity contribution in [3.8, 4) is 12.0 Å². The van der Waals surface area contributed by atoms with E-state index in [1.54, 1.807) is 36.6 Å². The Labute approximate surface area is 91.3 Å². The minimum absolute atomic E-state index is 0.237. The number of nitrogens with zero attached hydrogens (tertiary/aromatic N) is 1. The Morgan fingerprint density at radius 1 is 1.19 bits per heavy atom. The number of nitriles is 1. The summed E-state index contributed by atoms with van der Waals surface area (Å²) in [7, 11) is 0. The molecule has 0 atom stereocenters. The number of aromatic carboxylic acids is 1. The number of carboxylic acids is 1. The summed E-state index contributed by atoms with van der Waals surface area (Å²) in [5.41, 5.74) is 0.237. The molecule has 2 aromatic carbocycles. The van der Waals surface area contributed by atoms with Crippen LogP contribution in [0.4, 0.5) is 0 Å². The molecule has 16 heavy (non-hydrogen) atoms. The van der Waals surface area contributed by atoms with E-state index in [2.05, 4.69) is 4.74 Å². The molecule has 0 heterocycles. The van der Waals surface area contributed by atoms with E-state index in [-0.39, 0.29) is 5.56 Å². The monoisotopic (exact) mass is 213 g/mol. The number of benzene rings is 2. The molecule has 4 heteroatoms. The quantitative estimate of drug-likeness (QED) is 0.777. The van der Waals surface area contributed by atoms with Gasteiger partial charge in [0.2, 0.25) is 0 Å². The van der Waals surface area contributed by atoms with Crippen molar-refractivity contribution in [1.29, 1.82) is 5.26 Å². The summed E-state index contributed by atoms with van der Waals surface area (Å²) in [6.45, 7) is 0. The van der Waals surface area contributed by atoms with Crippen LogP contribution in [-0.2, 0) is 0 Å². The number of hydrogen-bond donors (Lipinski definition) is 1. The van der Waals surface area contributed by atoms with Crippen molar-refractivity contribution in [2.45, 2.75) is 0 Å². The molecule has 0 aliphatic rings. The summed E-state index contributed by atoms with van der Waals surface area (Å²) >= 11 is 0. The number of ether oxygens (including phenoxy) is 1. The van der Waals surface area contributed by atoms with Crippen LogP contribution in [0.3, 0.4) is 0 Å². The number of carbonyl (C=O) groups is 1. The van der Waals surface area contributed by atoms with E-state index in [1.807, 2.05) is 0 Å². The van der Waals surface area contributed by atoms with Gasteiger partial charge in [0.25, 0.3) is 6.26 Å². The summed E-state index contributed by atoms with van der Waals surface area (Å²) in [4.78, 5) is 10.7. The zero-order valence-corrected chi connectivity index (χ0v) is 8.18. The highest BCUT2D eigenvalue weighted by Crippen LogP contribution is 2.21. The van der Waals surface area contributed by atoms with Gasteiger partial charge in [0.05, 0.1) is 5.56 Å². The first-order valence-corrected chi connectivity index (χ1v) is 4.54. The number of carboxylic acid groups (broad SMARTS) is 1. The molecule has 4 nitrogen and oxygen atoms in total. The van der Waals surface area contributed by atoms with E-state index < -0.39 is 5.97 Å². The normalized spacial score (nSPS) is 9.69. The molecule has 0 spiro atoms. The van der Waals surface area contributed by atoms with Crippen LogP contribution in [0.15, 0.2) is 36.4 Å². The average Bonchev–Trinajstić information content (AvgIpc) is 2.28. The molecule has 0 aliphatic heterocycles. The highest BCUT2D eigenvalue weighted by molar-refractivity contribution is 5.94. The molecule has 78 valence electrons. The molecule has 0 radical (unpaired) electrons. The number of hydrogen-bond acceptors (Lipinski definition) is 3. The Bertz CT molecular complexity index is 599. The van der Waals surface area contributed by atoms with Crippen molar-refractivity contribution < 1.29 is 14.6 Å². The molecule has 2 rings (SSSR count). The van der Waals surface area contributed by atoms with Crippen molar-refractivity contribution in [2.75, 3.05) is 0 Å². The van der Waals surface area contributed by atoms with Crippen LogP contribution in [0.25, 0.3) is 10.8 Å². The van der Waals surface area contributed by atoms with Gasteiger partial charge in [0, 0.05) is 0 Å². The van der Waals surface area contributed by atoms with E-state index in [1.165, 1.54) is 6.07 Å². The summed E-state index contributed by atoms with van der Waals surface area (Å²) in [5.74, 6) is -0.516. The van der Waals surface area contributed by atoms with Gasteiger partial charge in [-0.1, -0.05) is 12.1 Å². The van der Waals surface area contributed by atoms with E-state index in [9.17, 15) is 4.79 Å². The maximum atomic E-state index is 10.7. The van der Waals surface area contributed by atoms with Crippen molar-refractivity contribution in [3.63, 3.8) is 0 Å². The second-order valence-electron chi connectivity index (χ2n) is 3.22. The Morgan fingerprint density at radius 3 is 2.56 bits per heavy atom. The third kappa shape index (κ3) is 1.79. The van der Waals surface area contributed by atoms with E-state index in [0.717, 1.165) is 10.8 Å². The molecule has 0 fully saturated rings. The maximum absolute atomic E-state index is 10.7. The minimum Gasteiger partial charge on any atom is -0.478 e. The molecule has 0 unspecified atom stereocenters. The molecule has 0 amide bonds. The van der Waals surface area contributed by atoms with Crippen LogP contribution in [-0.4, -0.2) is 11.1 Å². The maximum Gasteiger partial charge on any atom is 0.335 e. The molecule has 0 aromatic heterocycles. The zero-order chi connectivity index (χ0) is 11.5. The minimum atomic E-state index is -0.959. The Morgan fingerprint density at radius 2 is 1.88 bits per heavy atom. The second-order valence-corrected chi connectivity index (χ2v) is 3.22. The van der Waals surface area contributed by atoms with Gasteiger partial charge in [-0.15, -0.1) is 5.26 Å². The smallest absolute Gasteiger partial charge is 0.335 e. The largest absolute Gasteiger partial charge is 0.478 e. The van der Waals surface area contributed by atoms with E-state index in [4.69, 9.17) is 10.4 Å². The molecular formula is C12H7NO3. The Kier molecular flexibility index (Phi) is 2.44. The van der Waals surface area contributed by atoms with Crippen LogP contribution in [0.2, 0.25) is 0 Å². The number of fused-ring (bicyclic) bond motifs is 1. The Balaban J connectivity index is 2.53. The predicted octanol–water partition coefficient (Wildman–Crippen LogP) is 2.40. The standard InChI is InChI=1S/C12H7NO3/c13-7-16-11-4-3-8-5-10(12(14)15)2-1-9(8)6-11/h1-6H,(H,14,15).